The zero-order chi connectivity index (χ0) is 34.0. The highest BCUT2D eigenvalue weighted by molar-refractivity contribution is 9.10. The van der Waals surface area contributed by atoms with Crippen molar-refractivity contribution in [3.8, 4) is 5.75 Å². The molecule has 47 heavy (non-hydrogen) atoms. The van der Waals surface area contributed by atoms with E-state index in [1.165, 1.54) is 4.90 Å². The van der Waals surface area contributed by atoms with Gasteiger partial charge >= 0.3 is 0 Å². The van der Waals surface area contributed by atoms with Crippen molar-refractivity contribution in [2.75, 3.05) is 24.0 Å². The minimum atomic E-state index is -4.36. The zero-order valence-corrected chi connectivity index (χ0v) is 29.0. The molecule has 248 valence electrons. The van der Waals surface area contributed by atoms with E-state index in [4.69, 9.17) is 4.74 Å². The van der Waals surface area contributed by atoms with Crippen molar-refractivity contribution in [2.24, 2.45) is 5.92 Å². The molecule has 0 aliphatic heterocycles. The molecule has 2 amide bonds. The van der Waals surface area contributed by atoms with Gasteiger partial charge in [0.05, 0.1) is 17.2 Å². The molecule has 0 fully saturated rings. The maximum absolute atomic E-state index is 14.5. The number of ether oxygens (including phenoxy) is 1. The van der Waals surface area contributed by atoms with E-state index in [2.05, 4.69) is 21.2 Å². The van der Waals surface area contributed by atoms with Crippen molar-refractivity contribution in [2.45, 2.75) is 44.7 Å². The van der Waals surface area contributed by atoms with Crippen LogP contribution in [0.5, 0.6) is 5.75 Å². The van der Waals surface area contributed by atoms with Gasteiger partial charge in [-0.1, -0.05) is 72.2 Å². The first kappa shape index (κ1) is 35.6. The predicted octanol–water partition coefficient (Wildman–Crippen LogP) is 6.59. The van der Waals surface area contributed by atoms with Crippen molar-refractivity contribution >= 4 is 43.5 Å². The third kappa shape index (κ3) is 9.89. The van der Waals surface area contributed by atoms with E-state index in [1.807, 2.05) is 75.4 Å². The molecule has 0 bridgehead atoms. The molecule has 0 unspecified atom stereocenters. The average Bonchev–Trinajstić information content (AvgIpc) is 3.05. The van der Waals surface area contributed by atoms with Crippen LogP contribution in [0.25, 0.3) is 0 Å². The Bertz CT molecular complexity index is 1740. The SMILES string of the molecule is CCOc1ccc(N(CC(=O)N(Cc2cccc(Br)c2)[C@H](Cc2ccccc2)C(=O)NCC(C)C)S(=O)(=O)c2ccc(F)cc2)cc1. The molecule has 0 saturated heterocycles. The van der Waals surface area contributed by atoms with Gasteiger partial charge in [0.1, 0.15) is 24.2 Å². The fraction of sp³-hybridized carbons (Fsp3) is 0.278. The summed E-state index contributed by atoms with van der Waals surface area (Å²) in [5.41, 5.74) is 1.79. The van der Waals surface area contributed by atoms with Crippen molar-refractivity contribution in [3.63, 3.8) is 0 Å². The number of benzene rings is 4. The molecular formula is C36H39BrFN3O5S. The van der Waals surface area contributed by atoms with Crippen molar-refractivity contribution in [1.82, 2.24) is 10.2 Å². The normalized spacial score (nSPS) is 12.0. The highest BCUT2D eigenvalue weighted by Crippen LogP contribution is 2.27. The van der Waals surface area contributed by atoms with Crippen LogP contribution in [0, 0.1) is 11.7 Å². The Morgan fingerprint density at radius 2 is 1.55 bits per heavy atom. The van der Waals surface area contributed by atoms with Crippen molar-refractivity contribution < 1.29 is 27.1 Å². The maximum atomic E-state index is 14.5. The topological polar surface area (TPSA) is 96.0 Å². The standard InChI is InChI=1S/C36H39BrFN3O5S/c1-4-46-32-17-15-31(16-18-32)41(47(44,45)33-19-13-30(38)14-20-33)25-35(42)40(24-28-11-8-12-29(37)21-28)34(36(43)39-23-26(2)3)22-27-9-6-5-7-10-27/h5-21,26,34H,4,22-25H2,1-3H3,(H,39,43)/t34-/m1/s1. The van der Waals surface area contributed by atoms with Crippen LogP contribution in [0.4, 0.5) is 10.1 Å². The predicted molar refractivity (Wildman–Crippen MR) is 185 cm³/mol. The quantitative estimate of drug-likeness (QED) is 0.149. The average molecular weight is 725 g/mol. The third-order valence-corrected chi connectivity index (χ3v) is 9.60. The van der Waals surface area contributed by atoms with Crippen molar-refractivity contribution in [3.05, 3.63) is 125 Å². The summed E-state index contributed by atoms with van der Waals surface area (Å²) in [6.45, 7) is 6.03. The second-order valence-electron chi connectivity index (χ2n) is 11.4. The van der Waals surface area contributed by atoms with E-state index in [9.17, 15) is 22.4 Å². The number of carbonyl (C=O) groups is 2. The number of rotatable bonds is 15. The Balaban J connectivity index is 1.80. The number of hydrogen-bond donors (Lipinski definition) is 1. The van der Waals surface area contributed by atoms with Crippen LogP contribution in [-0.4, -0.2) is 50.9 Å². The summed E-state index contributed by atoms with van der Waals surface area (Å²) < 4.78 is 49.3. The fourth-order valence-corrected chi connectivity index (χ4v) is 6.81. The van der Waals surface area contributed by atoms with E-state index >= 15 is 0 Å². The Morgan fingerprint density at radius 1 is 0.894 bits per heavy atom. The van der Waals surface area contributed by atoms with Gasteiger partial charge in [-0.3, -0.25) is 13.9 Å². The number of carbonyl (C=O) groups excluding carboxylic acids is 2. The molecule has 0 heterocycles. The first-order valence-electron chi connectivity index (χ1n) is 15.3. The fourth-order valence-electron chi connectivity index (χ4n) is 4.95. The van der Waals surface area contributed by atoms with Gasteiger partial charge in [-0.05, 0) is 84.6 Å². The molecule has 0 radical (unpaired) electrons. The van der Waals surface area contributed by atoms with Gasteiger partial charge in [0.25, 0.3) is 10.0 Å². The number of nitrogens with one attached hydrogen (secondary N) is 1. The van der Waals surface area contributed by atoms with Crippen LogP contribution in [0.1, 0.15) is 31.9 Å². The van der Waals surface area contributed by atoms with Crippen molar-refractivity contribution in [1.29, 1.82) is 0 Å². The third-order valence-electron chi connectivity index (χ3n) is 7.31. The monoisotopic (exact) mass is 723 g/mol. The summed E-state index contributed by atoms with van der Waals surface area (Å²) >= 11 is 3.49. The Morgan fingerprint density at radius 3 is 2.17 bits per heavy atom. The second-order valence-corrected chi connectivity index (χ2v) is 14.2. The number of amides is 2. The summed E-state index contributed by atoms with van der Waals surface area (Å²) in [6, 6.07) is 26.6. The molecule has 11 heteroatoms. The van der Waals surface area contributed by atoms with E-state index < -0.39 is 34.3 Å². The van der Waals surface area contributed by atoms with Crippen LogP contribution in [0.2, 0.25) is 0 Å². The lowest BCUT2D eigenvalue weighted by molar-refractivity contribution is -0.140. The highest BCUT2D eigenvalue weighted by Gasteiger charge is 2.34. The molecule has 0 aliphatic carbocycles. The molecule has 1 N–H and O–H groups in total. The Hall–Kier alpha value is -4.22. The van der Waals surface area contributed by atoms with Crippen LogP contribution >= 0.6 is 15.9 Å². The summed E-state index contributed by atoms with van der Waals surface area (Å²) in [5, 5.41) is 2.98. The minimum Gasteiger partial charge on any atom is -0.494 e. The van der Waals surface area contributed by atoms with Gasteiger partial charge in [0.15, 0.2) is 0 Å². The number of anilines is 1. The maximum Gasteiger partial charge on any atom is 0.264 e. The molecule has 0 aromatic heterocycles. The summed E-state index contributed by atoms with van der Waals surface area (Å²) in [6.07, 6.45) is 0.207. The molecule has 8 nitrogen and oxygen atoms in total. The molecule has 0 saturated carbocycles. The number of sulfonamides is 1. The molecule has 1 atom stereocenters. The lowest BCUT2D eigenvalue weighted by Gasteiger charge is -2.34. The van der Waals surface area contributed by atoms with E-state index in [1.54, 1.807) is 24.3 Å². The molecule has 4 aromatic rings. The largest absolute Gasteiger partial charge is 0.494 e. The molecule has 0 aliphatic rings. The van der Waals surface area contributed by atoms with E-state index in [0.29, 0.717) is 18.9 Å². The first-order valence-corrected chi connectivity index (χ1v) is 17.6. The van der Waals surface area contributed by atoms with Crippen LogP contribution in [-0.2, 0) is 32.6 Å². The van der Waals surface area contributed by atoms with Gasteiger partial charge in [-0.25, -0.2) is 12.8 Å². The molecule has 4 aromatic carbocycles. The second kappa shape index (κ2) is 16.6. The van der Waals surface area contributed by atoms with Crippen LogP contribution < -0.4 is 14.4 Å². The minimum absolute atomic E-state index is 0.0403. The Kier molecular flexibility index (Phi) is 12.6. The zero-order valence-electron chi connectivity index (χ0n) is 26.6. The number of hydrogen-bond acceptors (Lipinski definition) is 5. The van der Waals surface area contributed by atoms with E-state index in [0.717, 1.165) is 44.2 Å². The highest BCUT2D eigenvalue weighted by atomic mass is 79.9. The lowest BCUT2D eigenvalue weighted by atomic mass is 10.0. The molecule has 4 rings (SSSR count). The van der Waals surface area contributed by atoms with Crippen LogP contribution in [0.3, 0.4) is 0 Å². The molecule has 0 spiro atoms. The summed E-state index contributed by atoms with van der Waals surface area (Å²) in [7, 11) is -4.36. The summed E-state index contributed by atoms with van der Waals surface area (Å²) in [4.78, 5) is 29.7. The molecular weight excluding hydrogens is 685 g/mol. The first-order chi connectivity index (χ1) is 22.5. The lowest BCUT2D eigenvalue weighted by Crippen LogP contribution is -2.53. The van der Waals surface area contributed by atoms with Gasteiger partial charge in [-0.2, -0.15) is 0 Å². The van der Waals surface area contributed by atoms with Gasteiger partial charge in [0.2, 0.25) is 11.8 Å². The van der Waals surface area contributed by atoms with Gasteiger partial charge < -0.3 is 15.0 Å². The van der Waals surface area contributed by atoms with Gasteiger partial charge in [0, 0.05) is 24.0 Å². The smallest absolute Gasteiger partial charge is 0.264 e. The summed E-state index contributed by atoms with van der Waals surface area (Å²) in [5.74, 6) is -0.835. The number of halogens is 2. The van der Waals surface area contributed by atoms with Crippen LogP contribution in [0.15, 0.2) is 112 Å². The Labute approximate surface area is 284 Å². The number of nitrogens with zero attached hydrogens (tertiary/aromatic N) is 2. The van der Waals surface area contributed by atoms with Gasteiger partial charge in [-0.15, -0.1) is 0 Å². The van der Waals surface area contributed by atoms with E-state index in [-0.39, 0.29) is 35.4 Å².